The van der Waals surface area contributed by atoms with Crippen molar-refractivity contribution in [3.05, 3.63) is 40.7 Å². The first-order chi connectivity index (χ1) is 9.03. The fourth-order valence-corrected chi connectivity index (χ4v) is 2.47. The smallest absolute Gasteiger partial charge is 0.159 e. The number of nitrogens with zero attached hydrogens (tertiary/aromatic N) is 1. The first-order valence-electron chi connectivity index (χ1n) is 6.35. The van der Waals surface area contributed by atoms with Gasteiger partial charge in [-0.1, -0.05) is 37.3 Å². The fraction of sp³-hybridized carbons (Fsp3) is 0.333. The second-order valence-corrected chi connectivity index (χ2v) is 5.81. The summed E-state index contributed by atoms with van der Waals surface area (Å²) in [5.41, 5.74) is 7.19. The Morgan fingerprint density at radius 3 is 2.68 bits per heavy atom. The molecule has 2 aromatic rings. The Balaban J connectivity index is 2.13. The highest BCUT2D eigenvalue weighted by Crippen LogP contribution is 2.22. The second kappa shape index (κ2) is 5.63. The van der Waals surface area contributed by atoms with Crippen molar-refractivity contribution in [3.63, 3.8) is 0 Å². The van der Waals surface area contributed by atoms with Gasteiger partial charge in [0.15, 0.2) is 5.78 Å². The van der Waals surface area contributed by atoms with Crippen LogP contribution in [0.5, 0.6) is 0 Å². The molecule has 0 saturated heterocycles. The molecular formula is C15H18N2OS. The highest BCUT2D eigenvalue weighted by Gasteiger charge is 2.26. The molecule has 0 amide bonds. The third-order valence-corrected chi connectivity index (χ3v) is 4.15. The van der Waals surface area contributed by atoms with Crippen molar-refractivity contribution < 1.29 is 4.79 Å². The summed E-state index contributed by atoms with van der Waals surface area (Å²) in [7, 11) is 0. The number of rotatable bonds is 5. The Bertz CT molecular complexity index is 561. The first-order valence-corrected chi connectivity index (χ1v) is 7.23. The monoisotopic (exact) mass is 274 g/mol. The van der Waals surface area contributed by atoms with Gasteiger partial charge in [-0.25, -0.2) is 4.98 Å². The Morgan fingerprint density at radius 1 is 1.37 bits per heavy atom. The van der Waals surface area contributed by atoms with Crippen molar-refractivity contribution in [1.82, 2.24) is 4.98 Å². The largest absolute Gasteiger partial charge is 0.319 e. The maximum absolute atomic E-state index is 12.1. The minimum Gasteiger partial charge on any atom is -0.319 e. The second-order valence-electron chi connectivity index (χ2n) is 4.86. The normalized spacial score (nSPS) is 14.1. The summed E-state index contributed by atoms with van der Waals surface area (Å²) < 4.78 is 0. The third kappa shape index (κ3) is 3.28. The van der Waals surface area contributed by atoms with Crippen molar-refractivity contribution in [2.75, 3.05) is 0 Å². The number of carbonyl (C=O) groups excluding carboxylic acids is 1. The van der Waals surface area contributed by atoms with Gasteiger partial charge in [0.2, 0.25) is 0 Å². The molecule has 0 aliphatic carbocycles. The number of hydrogen-bond donors (Lipinski definition) is 1. The number of hydrogen-bond acceptors (Lipinski definition) is 4. The number of aromatic nitrogens is 1. The van der Waals surface area contributed by atoms with Gasteiger partial charge in [-0.2, -0.15) is 0 Å². The predicted molar refractivity (Wildman–Crippen MR) is 79.1 cm³/mol. The van der Waals surface area contributed by atoms with Crippen LogP contribution in [0.15, 0.2) is 35.7 Å². The van der Waals surface area contributed by atoms with Crippen LogP contribution in [0.25, 0.3) is 11.3 Å². The number of thiazole rings is 1. The van der Waals surface area contributed by atoms with Gasteiger partial charge in [-0.3, -0.25) is 4.79 Å². The molecule has 1 aromatic carbocycles. The van der Waals surface area contributed by atoms with Gasteiger partial charge in [0.1, 0.15) is 5.01 Å². The molecular weight excluding hydrogens is 256 g/mol. The van der Waals surface area contributed by atoms with Crippen LogP contribution >= 0.6 is 11.3 Å². The Labute approximate surface area is 117 Å². The number of benzene rings is 1. The van der Waals surface area contributed by atoms with Crippen LogP contribution in [0.3, 0.4) is 0 Å². The molecule has 19 heavy (non-hydrogen) atoms. The summed E-state index contributed by atoms with van der Waals surface area (Å²) in [5.74, 6) is 0.0453. The van der Waals surface area contributed by atoms with E-state index in [1.165, 1.54) is 11.3 Å². The lowest BCUT2D eigenvalue weighted by atomic mass is 9.93. The average molecular weight is 274 g/mol. The lowest BCUT2D eigenvalue weighted by molar-refractivity contribution is -0.123. The van der Waals surface area contributed by atoms with Crippen LogP contribution in [0.1, 0.15) is 25.3 Å². The summed E-state index contributed by atoms with van der Waals surface area (Å²) >= 11 is 1.51. The summed E-state index contributed by atoms with van der Waals surface area (Å²) in [5, 5.41) is 2.81. The van der Waals surface area contributed by atoms with E-state index in [4.69, 9.17) is 5.73 Å². The molecule has 1 unspecified atom stereocenters. The molecule has 2 rings (SSSR count). The van der Waals surface area contributed by atoms with Gasteiger partial charge in [-0.15, -0.1) is 11.3 Å². The molecule has 4 heteroatoms. The van der Waals surface area contributed by atoms with Crippen LogP contribution in [0.2, 0.25) is 0 Å². The van der Waals surface area contributed by atoms with Crippen molar-refractivity contribution in [3.8, 4) is 11.3 Å². The van der Waals surface area contributed by atoms with E-state index in [2.05, 4.69) is 4.98 Å². The van der Waals surface area contributed by atoms with Crippen LogP contribution in [-0.2, 0) is 11.2 Å². The predicted octanol–water partition coefficient (Wildman–Crippen LogP) is 3.05. The number of nitrogens with two attached hydrogens (primary N) is 1. The zero-order valence-corrected chi connectivity index (χ0v) is 12.0. The lowest BCUT2D eigenvalue weighted by Crippen LogP contribution is -2.45. The van der Waals surface area contributed by atoms with Gasteiger partial charge in [0.05, 0.1) is 17.7 Å². The molecule has 0 aliphatic heterocycles. The van der Waals surface area contributed by atoms with E-state index in [0.717, 1.165) is 16.3 Å². The number of carbonyl (C=O) groups is 1. The zero-order valence-electron chi connectivity index (χ0n) is 11.2. The quantitative estimate of drug-likeness (QED) is 0.911. The Morgan fingerprint density at radius 2 is 2.05 bits per heavy atom. The Hall–Kier alpha value is -1.52. The van der Waals surface area contributed by atoms with E-state index in [1.807, 2.05) is 42.6 Å². The highest BCUT2D eigenvalue weighted by molar-refractivity contribution is 7.10. The molecule has 0 spiro atoms. The zero-order chi connectivity index (χ0) is 13.9. The van der Waals surface area contributed by atoms with Crippen LogP contribution in [0, 0.1) is 0 Å². The van der Waals surface area contributed by atoms with Gasteiger partial charge in [0, 0.05) is 10.9 Å². The molecule has 100 valence electrons. The molecule has 1 heterocycles. The summed E-state index contributed by atoms with van der Waals surface area (Å²) in [6, 6.07) is 9.96. The fourth-order valence-electron chi connectivity index (χ4n) is 1.67. The SMILES string of the molecule is CCC(C)(N)C(=O)Cc1nc(-c2ccccc2)cs1. The van der Waals surface area contributed by atoms with Gasteiger partial charge < -0.3 is 5.73 Å². The molecule has 0 bridgehead atoms. The number of Topliss-reactive ketones (excluding diaryl/α,β-unsaturated/α-hetero) is 1. The lowest BCUT2D eigenvalue weighted by Gasteiger charge is -2.19. The van der Waals surface area contributed by atoms with Gasteiger partial charge in [-0.05, 0) is 13.3 Å². The van der Waals surface area contributed by atoms with Gasteiger partial charge in [0.25, 0.3) is 0 Å². The average Bonchev–Trinajstić information content (AvgIpc) is 2.88. The van der Waals surface area contributed by atoms with Gasteiger partial charge >= 0.3 is 0 Å². The van der Waals surface area contributed by atoms with Crippen LogP contribution in [0.4, 0.5) is 0 Å². The van der Waals surface area contributed by atoms with E-state index in [-0.39, 0.29) is 5.78 Å². The molecule has 0 saturated carbocycles. The third-order valence-electron chi connectivity index (χ3n) is 3.30. The minimum absolute atomic E-state index is 0.0453. The molecule has 0 aliphatic rings. The molecule has 2 N–H and O–H groups in total. The van der Waals surface area contributed by atoms with Crippen LogP contribution < -0.4 is 5.73 Å². The van der Waals surface area contributed by atoms with Crippen molar-refractivity contribution in [2.24, 2.45) is 5.73 Å². The molecule has 1 aromatic heterocycles. The maximum Gasteiger partial charge on any atom is 0.159 e. The Kier molecular flexibility index (Phi) is 4.12. The van der Waals surface area contributed by atoms with E-state index >= 15 is 0 Å². The van der Waals surface area contributed by atoms with E-state index in [9.17, 15) is 4.79 Å². The standard InChI is InChI=1S/C15H18N2OS/c1-3-15(2,16)13(18)9-14-17-12(10-19-14)11-7-5-4-6-8-11/h4-8,10H,3,9,16H2,1-2H3. The van der Waals surface area contributed by atoms with E-state index in [0.29, 0.717) is 12.8 Å². The first kappa shape index (κ1) is 13.9. The number of ketones is 1. The molecule has 0 radical (unpaired) electrons. The van der Waals surface area contributed by atoms with Crippen molar-refractivity contribution >= 4 is 17.1 Å². The van der Waals surface area contributed by atoms with Crippen LogP contribution in [-0.4, -0.2) is 16.3 Å². The minimum atomic E-state index is -0.751. The molecule has 1 atom stereocenters. The summed E-state index contributed by atoms with van der Waals surface area (Å²) in [6.45, 7) is 3.70. The molecule has 0 fully saturated rings. The highest BCUT2D eigenvalue weighted by atomic mass is 32.1. The van der Waals surface area contributed by atoms with E-state index < -0.39 is 5.54 Å². The molecule has 3 nitrogen and oxygen atoms in total. The van der Waals surface area contributed by atoms with E-state index in [1.54, 1.807) is 6.92 Å². The topological polar surface area (TPSA) is 56.0 Å². The summed E-state index contributed by atoms with van der Waals surface area (Å²) in [4.78, 5) is 16.6. The maximum atomic E-state index is 12.1. The van der Waals surface area contributed by atoms with Crippen molar-refractivity contribution in [2.45, 2.75) is 32.2 Å². The summed E-state index contributed by atoms with van der Waals surface area (Å²) in [6.07, 6.45) is 0.959. The van der Waals surface area contributed by atoms with Crippen molar-refractivity contribution in [1.29, 1.82) is 0 Å².